The molecule has 2 fully saturated rings. The van der Waals surface area contributed by atoms with E-state index in [-0.39, 0.29) is 5.82 Å². The van der Waals surface area contributed by atoms with Crippen LogP contribution in [-0.4, -0.2) is 76.4 Å². The second-order valence-electron chi connectivity index (χ2n) is 6.82. The van der Waals surface area contributed by atoms with E-state index in [9.17, 15) is 4.39 Å². The number of hydrogen-bond donors (Lipinski definition) is 2. The Kier molecular flexibility index (Phi) is 7.08. The molecule has 1 aromatic rings. The molecule has 26 heavy (non-hydrogen) atoms. The summed E-state index contributed by atoms with van der Waals surface area (Å²) in [7, 11) is 1.80. The van der Waals surface area contributed by atoms with Crippen molar-refractivity contribution in [1.82, 2.24) is 15.5 Å². The van der Waals surface area contributed by atoms with Gasteiger partial charge in [-0.05, 0) is 37.1 Å². The van der Waals surface area contributed by atoms with Crippen LogP contribution < -0.4 is 15.5 Å². The van der Waals surface area contributed by atoms with Gasteiger partial charge < -0.3 is 20.3 Å². The smallest absolute Gasteiger partial charge is 0.191 e. The Bertz CT molecular complexity index is 566. The van der Waals surface area contributed by atoms with Gasteiger partial charge in [-0.15, -0.1) is 0 Å². The van der Waals surface area contributed by atoms with E-state index in [1.807, 2.05) is 12.1 Å². The van der Waals surface area contributed by atoms with Gasteiger partial charge in [-0.25, -0.2) is 4.39 Å². The molecule has 0 bridgehead atoms. The van der Waals surface area contributed by atoms with Gasteiger partial charge in [0.2, 0.25) is 0 Å². The van der Waals surface area contributed by atoms with Crippen LogP contribution in [0.1, 0.15) is 12.8 Å². The Morgan fingerprint density at radius 3 is 2.62 bits per heavy atom. The lowest BCUT2D eigenvalue weighted by molar-refractivity contribution is 0.114. The number of anilines is 1. The zero-order valence-corrected chi connectivity index (χ0v) is 15.6. The summed E-state index contributed by atoms with van der Waals surface area (Å²) in [5.41, 5.74) is 1.10. The molecule has 2 heterocycles. The van der Waals surface area contributed by atoms with E-state index >= 15 is 0 Å². The number of rotatable bonds is 6. The first-order valence-corrected chi connectivity index (χ1v) is 9.53. The molecule has 0 aromatic heterocycles. The lowest BCUT2D eigenvalue weighted by atomic mass is 10.2. The Morgan fingerprint density at radius 2 is 1.96 bits per heavy atom. The molecule has 0 saturated carbocycles. The highest BCUT2D eigenvalue weighted by atomic mass is 19.1. The molecule has 2 N–H and O–H groups in total. The monoisotopic (exact) mass is 363 g/mol. The molecule has 144 valence electrons. The van der Waals surface area contributed by atoms with Crippen molar-refractivity contribution in [3.63, 3.8) is 0 Å². The van der Waals surface area contributed by atoms with Crippen LogP contribution in [0.15, 0.2) is 29.3 Å². The topological polar surface area (TPSA) is 52.1 Å². The minimum Gasteiger partial charge on any atom is -0.376 e. The first kappa shape index (κ1) is 18.9. The van der Waals surface area contributed by atoms with E-state index in [0.717, 1.165) is 76.9 Å². The Balaban J connectivity index is 1.32. The van der Waals surface area contributed by atoms with Crippen LogP contribution in [0, 0.1) is 5.82 Å². The van der Waals surface area contributed by atoms with Crippen LogP contribution in [0.4, 0.5) is 10.1 Å². The molecule has 0 amide bonds. The molecule has 2 aliphatic heterocycles. The number of benzene rings is 1. The quantitative estimate of drug-likeness (QED) is 0.589. The maximum Gasteiger partial charge on any atom is 0.191 e. The van der Waals surface area contributed by atoms with Crippen molar-refractivity contribution in [2.75, 3.05) is 64.4 Å². The first-order valence-electron chi connectivity index (χ1n) is 9.53. The highest BCUT2D eigenvalue weighted by molar-refractivity contribution is 5.79. The van der Waals surface area contributed by atoms with Crippen molar-refractivity contribution < 1.29 is 9.13 Å². The van der Waals surface area contributed by atoms with Crippen molar-refractivity contribution in [2.45, 2.75) is 18.9 Å². The fraction of sp³-hybridized carbons (Fsp3) is 0.632. The summed E-state index contributed by atoms with van der Waals surface area (Å²) in [6.45, 7) is 7.51. The molecule has 2 saturated heterocycles. The lowest BCUT2D eigenvalue weighted by Gasteiger charge is -2.36. The van der Waals surface area contributed by atoms with Crippen LogP contribution in [0.25, 0.3) is 0 Å². The largest absolute Gasteiger partial charge is 0.376 e. The predicted octanol–water partition coefficient (Wildman–Crippen LogP) is 1.29. The second-order valence-corrected chi connectivity index (χ2v) is 6.82. The maximum atomic E-state index is 13.0. The van der Waals surface area contributed by atoms with Crippen LogP contribution in [0.2, 0.25) is 0 Å². The average molecular weight is 363 g/mol. The van der Waals surface area contributed by atoms with E-state index in [4.69, 9.17) is 4.74 Å². The van der Waals surface area contributed by atoms with E-state index < -0.39 is 0 Å². The van der Waals surface area contributed by atoms with Crippen molar-refractivity contribution >= 4 is 11.6 Å². The minimum absolute atomic E-state index is 0.181. The third kappa shape index (κ3) is 5.57. The number of nitrogens with one attached hydrogen (secondary N) is 2. The molecule has 6 nitrogen and oxygen atoms in total. The van der Waals surface area contributed by atoms with Crippen LogP contribution >= 0.6 is 0 Å². The number of aliphatic imine (C=N–C) groups is 1. The molecule has 1 unspecified atom stereocenters. The zero-order chi connectivity index (χ0) is 18.2. The summed E-state index contributed by atoms with van der Waals surface area (Å²) in [5, 5.41) is 6.71. The van der Waals surface area contributed by atoms with Gasteiger partial charge in [0, 0.05) is 65.2 Å². The maximum absolute atomic E-state index is 13.0. The van der Waals surface area contributed by atoms with E-state index in [1.54, 1.807) is 7.05 Å². The third-order valence-electron chi connectivity index (χ3n) is 5.03. The summed E-state index contributed by atoms with van der Waals surface area (Å²) < 4.78 is 18.7. The van der Waals surface area contributed by atoms with Gasteiger partial charge in [-0.3, -0.25) is 9.89 Å². The number of ether oxygens (including phenoxy) is 1. The number of hydrogen-bond acceptors (Lipinski definition) is 4. The van der Waals surface area contributed by atoms with Crippen molar-refractivity contribution in [3.05, 3.63) is 30.1 Å². The Hall–Kier alpha value is -1.86. The summed E-state index contributed by atoms with van der Waals surface area (Å²) in [6, 6.07) is 6.77. The molecule has 0 aliphatic carbocycles. The van der Waals surface area contributed by atoms with Gasteiger partial charge in [0.15, 0.2) is 5.96 Å². The van der Waals surface area contributed by atoms with Gasteiger partial charge in [0.05, 0.1) is 6.10 Å². The number of piperazine rings is 1. The normalized spacial score (nSPS) is 21.8. The number of nitrogens with zero attached hydrogens (tertiary/aromatic N) is 3. The van der Waals surface area contributed by atoms with Crippen molar-refractivity contribution in [1.29, 1.82) is 0 Å². The molecule has 3 rings (SSSR count). The lowest BCUT2D eigenvalue weighted by Crippen LogP contribution is -2.49. The van der Waals surface area contributed by atoms with E-state index in [0.29, 0.717) is 6.10 Å². The molecule has 7 heteroatoms. The highest BCUT2D eigenvalue weighted by Crippen LogP contribution is 2.16. The van der Waals surface area contributed by atoms with Gasteiger partial charge in [-0.2, -0.15) is 0 Å². The van der Waals surface area contributed by atoms with Gasteiger partial charge in [0.25, 0.3) is 0 Å². The molecule has 0 radical (unpaired) electrons. The van der Waals surface area contributed by atoms with Gasteiger partial charge in [0.1, 0.15) is 5.82 Å². The molecular formula is C19H30FN5O. The summed E-state index contributed by atoms with van der Waals surface area (Å²) >= 11 is 0. The minimum atomic E-state index is -0.181. The molecule has 0 spiro atoms. The summed E-state index contributed by atoms with van der Waals surface area (Å²) in [4.78, 5) is 9.03. The SMILES string of the molecule is CN=C(NCCN1CCN(c2ccc(F)cc2)CC1)NCC1CCCO1. The zero-order valence-electron chi connectivity index (χ0n) is 15.6. The molecular weight excluding hydrogens is 333 g/mol. The summed E-state index contributed by atoms with van der Waals surface area (Å²) in [5.74, 6) is 0.658. The standard InChI is InChI=1S/C19H30FN5O/c1-21-19(23-15-18-3-2-14-26-18)22-8-9-24-10-12-25(13-11-24)17-6-4-16(20)5-7-17/h4-7,18H,2-3,8-15H2,1H3,(H2,21,22,23). The fourth-order valence-electron chi connectivity index (χ4n) is 3.45. The van der Waals surface area contributed by atoms with Crippen molar-refractivity contribution in [2.24, 2.45) is 4.99 Å². The predicted molar refractivity (Wildman–Crippen MR) is 103 cm³/mol. The number of halogens is 1. The van der Waals surface area contributed by atoms with Crippen LogP contribution in [0.3, 0.4) is 0 Å². The van der Waals surface area contributed by atoms with Crippen molar-refractivity contribution in [3.8, 4) is 0 Å². The number of guanidine groups is 1. The summed E-state index contributed by atoms with van der Waals surface area (Å²) in [6.07, 6.45) is 2.60. The molecule has 1 atom stereocenters. The van der Waals surface area contributed by atoms with Gasteiger partial charge >= 0.3 is 0 Å². The van der Waals surface area contributed by atoms with Crippen LogP contribution in [0.5, 0.6) is 0 Å². The van der Waals surface area contributed by atoms with E-state index in [2.05, 4.69) is 25.4 Å². The van der Waals surface area contributed by atoms with E-state index in [1.165, 1.54) is 12.1 Å². The highest BCUT2D eigenvalue weighted by Gasteiger charge is 2.18. The average Bonchev–Trinajstić information content (AvgIpc) is 3.19. The van der Waals surface area contributed by atoms with Crippen LogP contribution in [-0.2, 0) is 4.74 Å². The third-order valence-corrected chi connectivity index (χ3v) is 5.03. The van der Waals surface area contributed by atoms with Gasteiger partial charge in [-0.1, -0.05) is 0 Å². The Morgan fingerprint density at radius 1 is 1.19 bits per heavy atom. The second kappa shape index (κ2) is 9.73. The Labute approximate surface area is 155 Å². The molecule has 1 aromatic carbocycles. The fourth-order valence-corrected chi connectivity index (χ4v) is 3.45. The molecule has 2 aliphatic rings. The first-order chi connectivity index (χ1) is 12.7.